The Morgan fingerprint density at radius 1 is 1.62 bits per heavy atom. The van der Waals surface area contributed by atoms with Crippen LogP contribution in [0.25, 0.3) is 0 Å². The van der Waals surface area contributed by atoms with Gasteiger partial charge >= 0.3 is 6.03 Å². The summed E-state index contributed by atoms with van der Waals surface area (Å²) in [6.45, 7) is 11.1. The average Bonchev–Trinajstić information content (AvgIpc) is 2.45. The van der Waals surface area contributed by atoms with Gasteiger partial charge in [-0.3, -0.25) is 4.90 Å². The van der Waals surface area contributed by atoms with Gasteiger partial charge in [-0.15, -0.1) is 0 Å². The van der Waals surface area contributed by atoms with Crippen molar-refractivity contribution in [3.63, 3.8) is 0 Å². The molecule has 1 fully saturated rings. The molecule has 0 spiro atoms. The van der Waals surface area contributed by atoms with Crippen molar-refractivity contribution in [2.75, 3.05) is 13.1 Å². The molecule has 1 heterocycles. The molecule has 1 aliphatic heterocycles. The first-order valence-electron chi connectivity index (χ1n) is 4.49. The lowest BCUT2D eigenvalue weighted by Crippen LogP contribution is -2.27. The van der Waals surface area contributed by atoms with Crippen LogP contribution in [0.5, 0.6) is 0 Å². The van der Waals surface area contributed by atoms with Gasteiger partial charge in [0.05, 0.1) is 6.54 Å². The van der Waals surface area contributed by atoms with Gasteiger partial charge in [0.1, 0.15) is 0 Å². The molecule has 0 radical (unpaired) electrons. The van der Waals surface area contributed by atoms with Crippen LogP contribution in [0.3, 0.4) is 0 Å². The van der Waals surface area contributed by atoms with E-state index in [4.69, 9.17) is 0 Å². The van der Waals surface area contributed by atoms with E-state index in [-0.39, 0.29) is 6.03 Å². The first-order valence-corrected chi connectivity index (χ1v) is 4.49. The fraction of sp³-hybridized carbons (Fsp3) is 0.500. The molecule has 1 rings (SSSR count). The summed E-state index contributed by atoms with van der Waals surface area (Å²) in [6.07, 6.45) is 0. The predicted octanol–water partition coefficient (Wildman–Crippen LogP) is 1.88. The van der Waals surface area contributed by atoms with Crippen molar-refractivity contribution in [3.05, 3.63) is 23.4 Å². The molecule has 2 amide bonds. The lowest BCUT2D eigenvalue weighted by Gasteiger charge is -2.16. The zero-order chi connectivity index (χ0) is 10.0. The first-order chi connectivity index (χ1) is 6.07. The summed E-state index contributed by atoms with van der Waals surface area (Å²) < 4.78 is 0. The van der Waals surface area contributed by atoms with Gasteiger partial charge < -0.3 is 5.32 Å². The van der Waals surface area contributed by atoms with Gasteiger partial charge in [0.25, 0.3) is 0 Å². The minimum absolute atomic E-state index is 0.00176. The molecule has 0 atom stereocenters. The van der Waals surface area contributed by atoms with Crippen molar-refractivity contribution in [3.8, 4) is 0 Å². The predicted molar refractivity (Wildman–Crippen MR) is 53.3 cm³/mol. The summed E-state index contributed by atoms with van der Waals surface area (Å²) in [5.41, 5.74) is 3.19. The molecular weight excluding hydrogens is 164 g/mol. The zero-order valence-corrected chi connectivity index (χ0v) is 8.48. The quantitative estimate of drug-likeness (QED) is 0.691. The van der Waals surface area contributed by atoms with E-state index in [0.29, 0.717) is 13.1 Å². The number of nitrogens with one attached hydrogen (secondary N) is 1. The second kappa shape index (κ2) is 3.64. The molecule has 0 aromatic rings. The van der Waals surface area contributed by atoms with E-state index < -0.39 is 0 Å². The molecular formula is C10H16N2O. The highest BCUT2D eigenvalue weighted by Crippen LogP contribution is 2.19. The summed E-state index contributed by atoms with van der Waals surface area (Å²) in [5, 5.41) is 2.79. The monoisotopic (exact) mass is 180 g/mol. The fourth-order valence-corrected chi connectivity index (χ4v) is 1.39. The van der Waals surface area contributed by atoms with E-state index in [0.717, 1.165) is 16.8 Å². The maximum Gasteiger partial charge on any atom is 0.321 e. The molecule has 0 aliphatic carbocycles. The van der Waals surface area contributed by atoms with Crippen LogP contribution in [0, 0.1) is 0 Å². The van der Waals surface area contributed by atoms with Gasteiger partial charge in [0.2, 0.25) is 0 Å². The number of nitrogens with zero attached hydrogens (tertiary/aromatic N) is 1. The standard InChI is InChI=1S/C10H16N2O/c1-5-12-9(6-11-10(12)13)8(4)7(2)3/h2,5-6H2,1,3-4H3,(H,11,13)/b9-8-. The maximum absolute atomic E-state index is 11.3. The minimum atomic E-state index is -0.00176. The van der Waals surface area contributed by atoms with Crippen LogP contribution in [-0.2, 0) is 0 Å². The van der Waals surface area contributed by atoms with Crippen molar-refractivity contribution in [1.82, 2.24) is 10.2 Å². The van der Waals surface area contributed by atoms with Gasteiger partial charge in [0, 0.05) is 12.2 Å². The number of allylic oxidation sites excluding steroid dienone is 2. The Bertz CT molecular complexity index is 279. The summed E-state index contributed by atoms with van der Waals surface area (Å²) in [5.74, 6) is 0. The van der Waals surface area contributed by atoms with Crippen LogP contribution in [0.15, 0.2) is 23.4 Å². The lowest BCUT2D eigenvalue weighted by atomic mass is 10.1. The Kier molecular flexibility index (Phi) is 2.76. The van der Waals surface area contributed by atoms with Gasteiger partial charge in [-0.25, -0.2) is 4.79 Å². The second-order valence-electron chi connectivity index (χ2n) is 3.25. The minimum Gasteiger partial charge on any atom is -0.332 e. The Labute approximate surface area is 79.1 Å². The molecule has 1 saturated heterocycles. The van der Waals surface area contributed by atoms with Crippen LogP contribution < -0.4 is 5.32 Å². The molecule has 1 aliphatic rings. The van der Waals surface area contributed by atoms with Crippen LogP contribution in [-0.4, -0.2) is 24.0 Å². The lowest BCUT2D eigenvalue weighted by molar-refractivity contribution is 0.225. The van der Waals surface area contributed by atoms with E-state index in [9.17, 15) is 4.79 Å². The second-order valence-corrected chi connectivity index (χ2v) is 3.25. The molecule has 0 saturated carbocycles. The summed E-state index contributed by atoms with van der Waals surface area (Å²) >= 11 is 0. The smallest absolute Gasteiger partial charge is 0.321 e. The number of hydrogen-bond acceptors (Lipinski definition) is 1. The van der Waals surface area contributed by atoms with Gasteiger partial charge in [0.15, 0.2) is 0 Å². The van der Waals surface area contributed by atoms with Crippen LogP contribution >= 0.6 is 0 Å². The summed E-state index contributed by atoms with van der Waals surface area (Å²) in [6, 6.07) is -0.00176. The largest absolute Gasteiger partial charge is 0.332 e. The Balaban J connectivity index is 2.99. The highest BCUT2D eigenvalue weighted by molar-refractivity contribution is 5.80. The number of likely N-dealkylation sites (N-methyl/N-ethyl adjacent to an activating group) is 1. The molecule has 3 heteroatoms. The topological polar surface area (TPSA) is 32.3 Å². The van der Waals surface area contributed by atoms with Crippen molar-refractivity contribution in [2.24, 2.45) is 0 Å². The molecule has 13 heavy (non-hydrogen) atoms. The molecule has 3 nitrogen and oxygen atoms in total. The fourth-order valence-electron chi connectivity index (χ4n) is 1.39. The first kappa shape index (κ1) is 9.84. The third kappa shape index (κ3) is 1.74. The number of carbonyl (C=O) groups excluding carboxylic acids is 1. The number of amides is 2. The maximum atomic E-state index is 11.3. The SMILES string of the molecule is C=C(C)/C(C)=C1/CNC(=O)N1CC. The van der Waals surface area contributed by atoms with E-state index in [1.165, 1.54) is 0 Å². The summed E-state index contributed by atoms with van der Waals surface area (Å²) in [4.78, 5) is 13.0. The van der Waals surface area contributed by atoms with Crippen molar-refractivity contribution < 1.29 is 4.79 Å². The zero-order valence-electron chi connectivity index (χ0n) is 8.48. The van der Waals surface area contributed by atoms with E-state index >= 15 is 0 Å². The van der Waals surface area contributed by atoms with E-state index in [1.54, 1.807) is 4.90 Å². The Hall–Kier alpha value is -1.25. The molecule has 72 valence electrons. The molecule has 0 bridgehead atoms. The molecule has 0 unspecified atom stereocenters. The highest BCUT2D eigenvalue weighted by atomic mass is 16.2. The average molecular weight is 180 g/mol. The number of urea groups is 1. The normalized spacial score (nSPS) is 20.2. The van der Waals surface area contributed by atoms with E-state index in [1.807, 2.05) is 20.8 Å². The highest BCUT2D eigenvalue weighted by Gasteiger charge is 2.24. The van der Waals surface area contributed by atoms with Gasteiger partial charge in [-0.2, -0.15) is 0 Å². The van der Waals surface area contributed by atoms with Crippen molar-refractivity contribution in [1.29, 1.82) is 0 Å². The van der Waals surface area contributed by atoms with Crippen molar-refractivity contribution in [2.45, 2.75) is 20.8 Å². The van der Waals surface area contributed by atoms with Crippen LogP contribution in [0.1, 0.15) is 20.8 Å². The Morgan fingerprint density at radius 2 is 2.23 bits per heavy atom. The number of hydrogen-bond donors (Lipinski definition) is 1. The third-order valence-corrected chi connectivity index (χ3v) is 2.37. The van der Waals surface area contributed by atoms with Gasteiger partial charge in [-0.1, -0.05) is 12.2 Å². The van der Waals surface area contributed by atoms with Crippen molar-refractivity contribution >= 4 is 6.03 Å². The van der Waals surface area contributed by atoms with Gasteiger partial charge in [-0.05, 0) is 26.3 Å². The molecule has 1 N–H and O–H groups in total. The molecule has 0 aromatic carbocycles. The van der Waals surface area contributed by atoms with Crippen LogP contribution in [0.4, 0.5) is 4.79 Å². The third-order valence-electron chi connectivity index (χ3n) is 2.37. The Morgan fingerprint density at radius 3 is 2.69 bits per heavy atom. The van der Waals surface area contributed by atoms with E-state index in [2.05, 4.69) is 11.9 Å². The summed E-state index contributed by atoms with van der Waals surface area (Å²) in [7, 11) is 0. The van der Waals surface area contributed by atoms with Crippen LogP contribution in [0.2, 0.25) is 0 Å². The number of rotatable bonds is 2. The number of carbonyl (C=O) groups is 1. The molecule has 0 aromatic heterocycles.